The van der Waals surface area contributed by atoms with E-state index < -0.39 is 86.8 Å². The molecule has 1 amide bonds. The normalized spacial score (nSPS) is 22.0. The molecular weight excluding hydrogens is 1240 g/mol. The number of rotatable bonds is 73. The Morgan fingerprint density at radius 3 is 0.990 bits per heavy atom. The van der Waals surface area contributed by atoms with Crippen LogP contribution in [0.15, 0.2) is 36.5 Å². The number of unbranched alkanes of at least 4 members (excludes halogenated alkanes) is 56. The molecule has 0 aromatic heterocycles. The summed E-state index contributed by atoms with van der Waals surface area (Å²) >= 11 is 0. The molecule has 2 rings (SSSR count). The lowest BCUT2D eigenvalue weighted by atomic mass is 9.97. The number of hydrogen-bond acceptors (Lipinski definition) is 13. The van der Waals surface area contributed by atoms with Crippen LogP contribution in [0.5, 0.6) is 0 Å². The number of nitrogens with one attached hydrogen (secondary N) is 1. The summed E-state index contributed by atoms with van der Waals surface area (Å²) in [7, 11) is 0. The number of carbonyl (C=O) groups is 1. The number of aliphatic hydroxyl groups excluding tert-OH is 8. The largest absolute Gasteiger partial charge is 0.394 e. The summed E-state index contributed by atoms with van der Waals surface area (Å²) in [6.07, 6.45) is 75.5. The molecule has 12 atom stereocenters. The van der Waals surface area contributed by atoms with Crippen LogP contribution in [0.2, 0.25) is 0 Å². The van der Waals surface area contributed by atoms with Crippen LogP contribution in [-0.4, -0.2) is 140 Å². The van der Waals surface area contributed by atoms with Crippen LogP contribution in [0.1, 0.15) is 406 Å². The van der Waals surface area contributed by atoms with Crippen molar-refractivity contribution in [2.45, 2.75) is 479 Å². The third kappa shape index (κ3) is 51.9. The number of ether oxygens (including phenoxy) is 4. The maximum Gasteiger partial charge on any atom is 0.220 e. The summed E-state index contributed by atoms with van der Waals surface area (Å²) in [5, 5.41) is 87.7. The molecule has 0 aromatic carbocycles. The minimum atomic E-state index is -1.79. The van der Waals surface area contributed by atoms with Crippen LogP contribution in [0.4, 0.5) is 0 Å². The van der Waals surface area contributed by atoms with Gasteiger partial charge in [0.25, 0.3) is 0 Å². The van der Waals surface area contributed by atoms with Gasteiger partial charge in [-0.25, -0.2) is 0 Å². The topological polar surface area (TPSA) is 228 Å². The fourth-order valence-corrected chi connectivity index (χ4v) is 14.3. The Hall–Kier alpha value is -1.79. The molecule has 0 radical (unpaired) electrons. The number of allylic oxidation sites excluding steroid dienone is 5. The summed E-state index contributed by atoms with van der Waals surface area (Å²) in [6, 6.07) is -0.939. The van der Waals surface area contributed by atoms with E-state index in [4.69, 9.17) is 18.9 Å². The molecule has 2 saturated heterocycles. The first-order valence-corrected chi connectivity index (χ1v) is 42.7. The molecule has 99 heavy (non-hydrogen) atoms. The number of aliphatic hydroxyl groups is 8. The highest BCUT2D eigenvalue weighted by molar-refractivity contribution is 5.76. The average molecular weight is 1410 g/mol. The summed E-state index contributed by atoms with van der Waals surface area (Å²) < 4.78 is 22.9. The van der Waals surface area contributed by atoms with Crippen LogP contribution < -0.4 is 5.32 Å². The third-order valence-electron chi connectivity index (χ3n) is 21.1. The molecule has 0 aliphatic carbocycles. The fraction of sp³-hybridized carbons (Fsp3) is 0.918. The molecular formula is C85H161NO13. The van der Waals surface area contributed by atoms with Gasteiger partial charge in [-0.3, -0.25) is 4.79 Å². The molecule has 0 spiro atoms. The average Bonchev–Trinajstić information content (AvgIpc) is 0.794. The van der Waals surface area contributed by atoms with Gasteiger partial charge in [-0.2, -0.15) is 0 Å². The van der Waals surface area contributed by atoms with E-state index in [1.54, 1.807) is 6.08 Å². The highest BCUT2D eigenvalue weighted by Gasteiger charge is 2.51. The highest BCUT2D eigenvalue weighted by atomic mass is 16.7. The van der Waals surface area contributed by atoms with Gasteiger partial charge in [0.05, 0.1) is 32.0 Å². The minimum Gasteiger partial charge on any atom is -0.394 e. The molecule has 2 aliphatic heterocycles. The van der Waals surface area contributed by atoms with Crippen molar-refractivity contribution in [2.75, 3.05) is 19.8 Å². The van der Waals surface area contributed by atoms with Crippen LogP contribution >= 0.6 is 0 Å². The quantitative estimate of drug-likeness (QED) is 0.0204. The smallest absolute Gasteiger partial charge is 0.220 e. The SMILES string of the molecule is CCCCCCCCCCCCCCCCCCCCCCCC/C=C/CC/C=C/CC/C=C/C(O)C(COC1OC(CO)C(OC2OC(CO)C(O)C(O)C2O)C(O)C1O)NC(=O)CCCCCCCCCCCCCCCCCCCCCCCCCCCCCCCCCCC. The van der Waals surface area contributed by atoms with E-state index in [0.717, 1.165) is 44.9 Å². The molecule has 0 saturated carbocycles. The Bertz CT molecular complexity index is 1800. The van der Waals surface area contributed by atoms with E-state index in [0.29, 0.717) is 12.8 Å². The minimum absolute atomic E-state index is 0.244. The predicted molar refractivity (Wildman–Crippen MR) is 411 cm³/mol. The molecule has 14 nitrogen and oxygen atoms in total. The van der Waals surface area contributed by atoms with Crippen molar-refractivity contribution < 1.29 is 64.6 Å². The van der Waals surface area contributed by atoms with Crippen molar-refractivity contribution in [3.05, 3.63) is 36.5 Å². The number of carbonyl (C=O) groups excluding carboxylic acids is 1. The van der Waals surface area contributed by atoms with Gasteiger partial charge in [0.15, 0.2) is 12.6 Å². The van der Waals surface area contributed by atoms with Crippen LogP contribution in [0.3, 0.4) is 0 Å². The standard InChI is InChI=1S/C85H161NO13/c1-3-5-7-9-11-13-15-17-19-21-23-25-27-29-31-33-35-37-39-41-43-45-47-49-51-53-55-57-59-61-63-65-67-69-77(90)86-73(72-96-84-82(95)80(93)83(76(71-88)98-84)99-85-81(94)79(92)78(91)75(70-87)97-85)74(89)68-66-64-62-60-58-56-54-52-50-48-46-44-42-40-38-36-34-32-30-28-26-24-22-20-18-16-14-12-10-8-6-4-2/h50,52,58,60,66,68,73-76,78-85,87-89,91-95H,3-49,51,53-57,59,61-65,67,69-72H2,1-2H3,(H,86,90)/b52-50+,60-58+,68-66+. The van der Waals surface area contributed by atoms with Gasteiger partial charge < -0.3 is 65.1 Å². The molecule has 2 aliphatic rings. The first-order valence-electron chi connectivity index (χ1n) is 42.7. The van der Waals surface area contributed by atoms with Gasteiger partial charge in [-0.05, 0) is 44.9 Å². The van der Waals surface area contributed by atoms with Crippen molar-refractivity contribution in [2.24, 2.45) is 0 Å². The van der Waals surface area contributed by atoms with E-state index in [-0.39, 0.29) is 18.9 Å². The van der Waals surface area contributed by atoms with Gasteiger partial charge in [0.2, 0.25) is 5.91 Å². The Labute approximate surface area is 608 Å². The van der Waals surface area contributed by atoms with Crippen molar-refractivity contribution in [3.63, 3.8) is 0 Å². The maximum absolute atomic E-state index is 13.4. The second-order valence-electron chi connectivity index (χ2n) is 30.3. The van der Waals surface area contributed by atoms with Gasteiger partial charge in [0, 0.05) is 6.42 Å². The van der Waals surface area contributed by atoms with Crippen LogP contribution in [0.25, 0.3) is 0 Å². The Balaban J connectivity index is 1.61. The predicted octanol–water partition coefficient (Wildman–Crippen LogP) is 20.0. The summed E-state index contributed by atoms with van der Waals surface area (Å²) in [4.78, 5) is 13.4. The Morgan fingerprint density at radius 2 is 0.646 bits per heavy atom. The first kappa shape index (κ1) is 93.3. The highest BCUT2D eigenvalue weighted by Crippen LogP contribution is 2.30. The van der Waals surface area contributed by atoms with Crippen molar-refractivity contribution in [3.8, 4) is 0 Å². The van der Waals surface area contributed by atoms with E-state index in [9.17, 15) is 45.6 Å². The first-order chi connectivity index (χ1) is 48.6. The van der Waals surface area contributed by atoms with Gasteiger partial charge in [-0.1, -0.05) is 391 Å². The second-order valence-corrected chi connectivity index (χ2v) is 30.3. The zero-order chi connectivity index (χ0) is 71.5. The summed E-state index contributed by atoms with van der Waals surface area (Å²) in [6.45, 7) is 2.85. The maximum atomic E-state index is 13.4. The summed E-state index contributed by atoms with van der Waals surface area (Å²) in [5.74, 6) is -0.244. The number of amides is 1. The fourth-order valence-electron chi connectivity index (χ4n) is 14.3. The lowest BCUT2D eigenvalue weighted by Crippen LogP contribution is -2.65. The molecule has 0 aromatic rings. The van der Waals surface area contributed by atoms with Gasteiger partial charge >= 0.3 is 0 Å². The molecule has 9 N–H and O–H groups in total. The van der Waals surface area contributed by atoms with Crippen LogP contribution in [0, 0.1) is 0 Å². The lowest BCUT2D eigenvalue weighted by Gasteiger charge is -2.46. The van der Waals surface area contributed by atoms with Gasteiger partial charge in [-0.15, -0.1) is 0 Å². The molecule has 0 bridgehead atoms. The zero-order valence-electron chi connectivity index (χ0n) is 64.3. The lowest BCUT2D eigenvalue weighted by molar-refractivity contribution is -0.359. The van der Waals surface area contributed by atoms with E-state index in [2.05, 4.69) is 43.5 Å². The van der Waals surface area contributed by atoms with Crippen LogP contribution in [-0.2, 0) is 23.7 Å². The van der Waals surface area contributed by atoms with E-state index in [1.807, 2.05) is 6.08 Å². The third-order valence-corrected chi connectivity index (χ3v) is 21.1. The van der Waals surface area contributed by atoms with E-state index >= 15 is 0 Å². The zero-order valence-corrected chi connectivity index (χ0v) is 64.3. The van der Waals surface area contributed by atoms with E-state index in [1.165, 1.54) is 327 Å². The Kier molecular flexibility index (Phi) is 65.3. The molecule has 2 heterocycles. The van der Waals surface area contributed by atoms with Crippen molar-refractivity contribution >= 4 is 5.91 Å². The molecule has 2 fully saturated rings. The monoisotopic (exact) mass is 1400 g/mol. The van der Waals surface area contributed by atoms with Crippen molar-refractivity contribution in [1.82, 2.24) is 5.32 Å². The molecule has 12 unspecified atom stereocenters. The molecule has 14 heteroatoms. The Morgan fingerprint density at radius 1 is 0.354 bits per heavy atom. The molecule has 584 valence electrons. The number of hydrogen-bond donors (Lipinski definition) is 9. The summed E-state index contributed by atoms with van der Waals surface area (Å²) in [5.41, 5.74) is 0. The van der Waals surface area contributed by atoms with Gasteiger partial charge in [0.1, 0.15) is 48.8 Å². The second kappa shape index (κ2) is 69.3. The van der Waals surface area contributed by atoms with Crippen molar-refractivity contribution in [1.29, 1.82) is 0 Å².